The number of para-hydroxylation sites is 1. The maximum Gasteiger partial charge on any atom is 0.254 e. The SMILES string of the molecule is CC(C)[C@@H](NC(=O)c1ccccc1N1CCCCC1)C(=O)N1CCC(c2ccc(Cl)cc2)CC1. The summed E-state index contributed by atoms with van der Waals surface area (Å²) in [6.07, 6.45) is 5.38. The second-order valence-corrected chi connectivity index (χ2v) is 10.3. The Bertz CT molecular complexity index is 977. The Labute approximate surface area is 208 Å². The van der Waals surface area contributed by atoms with Crippen molar-refractivity contribution in [2.45, 2.75) is 57.9 Å². The van der Waals surface area contributed by atoms with Crippen LogP contribution >= 0.6 is 11.6 Å². The highest BCUT2D eigenvalue weighted by Crippen LogP contribution is 2.30. The number of nitrogens with zero attached hydrogens (tertiary/aromatic N) is 2. The lowest BCUT2D eigenvalue weighted by Crippen LogP contribution is -2.53. The van der Waals surface area contributed by atoms with Gasteiger partial charge in [-0.15, -0.1) is 0 Å². The smallest absolute Gasteiger partial charge is 0.254 e. The van der Waals surface area contributed by atoms with Crippen LogP contribution in [0.25, 0.3) is 0 Å². The molecule has 2 saturated heterocycles. The van der Waals surface area contributed by atoms with Gasteiger partial charge in [-0.25, -0.2) is 0 Å². The highest BCUT2D eigenvalue weighted by molar-refractivity contribution is 6.30. The van der Waals surface area contributed by atoms with Crippen LogP contribution in [0.3, 0.4) is 0 Å². The first-order valence-electron chi connectivity index (χ1n) is 12.6. The molecule has 2 amide bonds. The van der Waals surface area contributed by atoms with Gasteiger partial charge in [0, 0.05) is 36.9 Å². The zero-order valence-electron chi connectivity index (χ0n) is 20.3. The van der Waals surface area contributed by atoms with Crippen LogP contribution in [0.2, 0.25) is 5.02 Å². The Morgan fingerprint density at radius 1 is 0.912 bits per heavy atom. The Kier molecular flexibility index (Phi) is 8.15. The number of likely N-dealkylation sites (tertiary alicyclic amines) is 1. The Morgan fingerprint density at radius 2 is 1.56 bits per heavy atom. The third-order valence-corrected chi connectivity index (χ3v) is 7.46. The largest absolute Gasteiger partial charge is 0.371 e. The van der Waals surface area contributed by atoms with Crippen molar-refractivity contribution in [1.82, 2.24) is 10.2 Å². The molecule has 1 N–H and O–H groups in total. The van der Waals surface area contributed by atoms with Crippen LogP contribution in [0.1, 0.15) is 67.8 Å². The monoisotopic (exact) mass is 481 g/mol. The third-order valence-electron chi connectivity index (χ3n) is 7.21. The predicted octanol–water partition coefficient (Wildman–Crippen LogP) is 5.49. The zero-order valence-corrected chi connectivity index (χ0v) is 21.1. The maximum atomic E-state index is 13.5. The lowest BCUT2D eigenvalue weighted by atomic mass is 9.89. The number of benzene rings is 2. The second-order valence-electron chi connectivity index (χ2n) is 9.91. The van der Waals surface area contributed by atoms with E-state index in [1.807, 2.05) is 55.1 Å². The van der Waals surface area contributed by atoms with Crippen molar-refractivity contribution < 1.29 is 9.59 Å². The van der Waals surface area contributed by atoms with Gasteiger partial charge in [0.15, 0.2) is 0 Å². The van der Waals surface area contributed by atoms with Crippen LogP contribution in [-0.4, -0.2) is 48.9 Å². The molecule has 0 spiro atoms. The summed E-state index contributed by atoms with van der Waals surface area (Å²) in [6.45, 7) is 7.35. The van der Waals surface area contributed by atoms with Gasteiger partial charge in [0.05, 0.1) is 5.56 Å². The molecule has 0 aromatic heterocycles. The minimum Gasteiger partial charge on any atom is -0.371 e. The number of nitrogens with one attached hydrogen (secondary N) is 1. The van der Waals surface area contributed by atoms with Gasteiger partial charge < -0.3 is 15.1 Å². The van der Waals surface area contributed by atoms with E-state index in [2.05, 4.69) is 22.3 Å². The fourth-order valence-corrected chi connectivity index (χ4v) is 5.30. The molecular weight excluding hydrogens is 446 g/mol. The number of halogens is 1. The Morgan fingerprint density at radius 3 is 2.21 bits per heavy atom. The molecule has 0 saturated carbocycles. The standard InChI is InChI=1S/C28H36ClN3O2/c1-20(2)26(28(34)32-18-14-22(15-19-32)21-10-12-23(29)13-11-21)30-27(33)24-8-4-5-9-25(24)31-16-6-3-7-17-31/h4-5,8-13,20,22,26H,3,6-7,14-19H2,1-2H3,(H,30,33)/t26-/m1/s1. The lowest BCUT2D eigenvalue weighted by molar-refractivity contribution is -0.135. The summed E-state index contributed by atoms with van der Waals surface area (Å²) in [4.78, 5) is 31.0. The number of carbonyl (C=O) groups excluding carboxylic acids is 2. The van der Waals surface area contributed by atoms with Crippen LogP contribution in [0, 0.1) is 5.92 Å². The van der Waals surface area contributed by atoms with Gasteiger partial charge in [-0.05, 0) is 73.8 Å². The van der Waals surface area contributed by atoms with Crippen molar-refractivity contribution >= 4 is 29.1 Å². The summed E-state index contributed by atoms with van der Waals surface area (Å²) in [5, 5.41) is 3.83. The quantitative estimate of drug-likeness (QED) is 0.593. The van der Waals surface area contributed by atoms with Crippen molar-refractivity contribution in [2.75, 3.05) is 31.1 Å². The number of amides is 2. The molecule has 5 nitrogen and oxygen atoms in total. The van der Waals surface area contributed by atoms with Crippen molar-refractivity contribution in [1.29, 1.82) is 0 Å². The fourth-order valence-electron chi connectivity index (χ4n) is 5.17. The number of rotatable bonds is 6. The van der Waals surface area contributed by atoms with Crippen LogP contribution in [0.4, 0.5) is 5.69 Å². The van der Waals surface area contributed by atoms with Gasteiger partial charge in [-0.1, -0.05) is 49.7 Å². The molecule has 2 aliphatic heterocycles. The van der Waals surface area contributed by atoms with Gasteiger partial charge in [0.1, 0.15) is 6.04 Å². The summed E-state index contributed by atoms with van der Waals surface area (Å²) >= 11 is 6.03. The van der Waals surface area contributed by atoms with Gasteiger partial charge in [-0.2, -0.15) is 0 Å². The van der Waals surface area contributed by atoms with E-state index in [1.54, 1.807) is 0 Å². The third kappa shape index (κ3) is 5.75. The number of anilines is 1. The second kappa shape index (κ2) is 11.3. The van der Waals surface area contributed by atoms with Crippen molar-refractivity contribution in [3.05, 3.63) is 64.7 Å². The molecule has 0 unspecified atom stereocenters. The first kappa shape index (κ1) is 24.6. The van der Waals surface area contributed by atoms with E-state index in [0.29, 0.717) is 24.6 Å². The first-order chi connectivity index (χ1) is 16.4. The van der Waals surface area contributed by atoms with Gasteiger partial charge in [-0.3, -0.25) is 9.59 Å². The summed E-state index contributed by atoms with van der Waals surface area (Å²) < 4.78 is 0. The molecule has 6 heteroatoms. The van der Waals surface area contributed by atoms with Gasteiger partial charge >= 0.3 is 0 Å². The highest BCUT2D eigenvalue weighted by Gasteiger charge is 2.32. The number of carbonyl (C=O) groups is 2. The minimum atomic E-state index is -0.533. The predicted molar refractivity (Wildman–Crippen MR) is 139 cm³/mol. The van der Waals surface area contributed by atoms with E-state index in [4.69, 9.17) is 11.6 Å². The van der Waals surface area contributed by atoms with Crippen LogP contribution in [-0.2, 0) is 4.79 Å². The normalized spacial score (nSPS) is 18.1. The van der Waals surface area contributed by atoms with E-state index in [9.17, 15) is 9.59 Å². The van der Waals surface area contributed by atoms with E-state index < -0.39 is 6.04 Å². The molecule has 0 radical (unpaired) electrons. The molecule has 182 valence electrons. The molecular formula is C28H36ClN3O2. The van der Waals surface area contributed by atoms with Crippen LogP contribution in [0.5, 0.6) is 0 Å². The van der Waals surface area contributed by atoms with E-state index in [-0.39, 0.29) is 17.7 Å². The molecule has 1 atom stereocenters. The van der Waals surface area contributed by atoms with Gasteiger partial charge in [0.2, 0.25) is 5.91 Å². The molecule has 2 aliphatic rings. The van der Waals surface area contributed by atoms with Crippen molar-refractivity contribution in [3.8, 4) is 0 Å². The number of hydrogen-bond acceptors (Lipinski definition) is 3. The fraction of sp³-hybridized carbons (Fsp3) is 0.500. The Hall–Kier alpha value is -2.53. The zero-order chi connectivity index (χ0) is 24.1. The maximum absolute atomic E-state index is 13.5. The average molecular weight is 482 g/mol. The number of hydrogen-bond donors (Lipinski definition) is 1. The van der Waals surface area contributed by atoms with E-state index >= 15 is 0 Å². The summed E-state index contributed by atoms with van der Waals surface area (Å²) in [7, 11) is 0. The van der Waals surface area contributed by atoms with E-state index in [0.717, 1.165) is 49.5 Å². The molecule has 2 aromatic rings. The topological polar surface area (TPSA) is 52.7 Å². The summed E-state index contributed by atoms with van der Waals surface area (Å²) in [6, 6.07) is 15.3. The average Bonchev–Trinajstić information content (AvgIpc) is 2.87. The first-order valence-corrected chi connectivity index (χ1v) is 13.0. The summed E-state index contributed by atoms with van der Waals surface area (Å²) in [5.41, 5.74) is 2.90. The van der Waals surface area contributed by atoms with Gasteiger partial charge in [0.25, 0.3) is 5.91 Å². The molecule has 0 aliphatic carbocycles. The molecule has 4 rings (SSSR count). The number of piperidine rings is 2. The van der Waals surface area contributed by atoms with E-state index in [1.165, 1.54) is 12.0 Å². The van der Waals surface area contributed by atoms with Crippen molar-refractivity contribution in [3.63, 3.8) is 0 Å². The molecule has 34 heavy (non-hydrogen) atoms. The van der Waals surface area contributed by atoms with Crippen LogP contribution in [0.15, 0.2) is 48.5 Å². The summed E-state index contributed by atoms with van der Waals surface area (Å²) in [5.74, 6) is 0.301. The van der Waals surface area contributed by atoms with Crippen molar-refractivity contribution in [2.24, 2.45) is 5.92 Å². The molecule has 0 bridgehead atoms. The highest BCUT2D eigenvalue weighted by atomic mass is 35.5. The minimum absolute atomic E-state index is 0.00703. The lowest BCUT2D eigenvalue weighted by Gasteiger charge is -2.36. The Balaban J connectivity index is 1.41. The molecule has 2 heterocycles. The van der Waals surface area contributed by atoms with Crippen LogP contribution < -0.4 is 10.2 Å². The molecule has 2 aromatic carbocycles. The molecule has 2 fully saturated rings.